The van der Waals surface area contributed by atoms with E-state index < -0.39 is 0 Å². The number of hydrogen-bond acceptors (Lipinski definition) is 2. The number of carbonyl (C=O) groups excluding carboxylic acids is 1. The number of aromatic nitrogens is 2. The van der Waals surface area contributed by atoms with E-state index in [1.165, 1.54) is 5.69 Å². The van der Waals surface area contributed by atoms with Crippen LogP contribution in [0.5, 0.6) is 0 Å². The van der Waals surface area contributed by atoms with Gasteiger partial charge in [0.2, 0.25) is 0 Å². The molecule has 0 aliphatic heterocycles. The number of nitrogens with zero attached hydrogens (tertiary/aromatic N) is 2. The Morgan fingerprint density at radius 3 is 2.65 bits per heavy atom. The van der Waals surface area contributed by atoms with Gasteiger partial charge in [0.05, 0.1) is 5.69 Å². The van der Waals surface area contributed by atoms with Crippen LogP contribution in [0.15, 0.2) is 0 Å². The molecule has 92 valence electrons. The van der Waals surface area contributed by atoms with Gasteiger partial charge in [0.25, 0.3) is 5.91 Å². The second-order valence-corrected chi connectivity index (χ2v) is 3.76. The van der Waals surface area contributed by atoms with E-state index in [4.69, 9.17) is 0 Å². The van der Waals surface area contributed by atoms with E-state index >= 15 is 0 Å². The molecule has 1 heterocycles. The Labute approximate surface area is 102 Å². The number of carbonyl (C=O) groups is 1. The summed E-state index contributed by atoms with van der Waals surface area (Å²) in [6.07, 6.45) is 1.78. The molecule has 0 saturated carbocycles. The van der Waals surface area contributed by atoms with Crippen molar-refractivity contribution in [3.8, 4) is 11.8 Å². The highest BCUT2D eigenvalue weighted by atomic mass is 16.1. The van der Waals surface area contributed by atoms with Gasteiger partial charge >= 0.3 is 0 Å². The third-order valence-electron chi connectivity index (χ3n) is 2.69. The Balaban J connectivity index is 2.87. The molecular formula is C13H19N3O. The minimum atomic E-state index is -0.236. The number of rotatable bonds is 4. The molecule has 1 aromatic heterocycles. The standard InChI is InChI=1S/C13H19N3O/c1-5-8-13(17)14-9-10-11(6-2)15-16(4)12(10)7-3/h6-7,9H2,1-4H3,(H,14,17). The lowest BCUT2D eigenvalue weighted by Gasteiger charge is -2.05. The highest BCUT2D eigenvalue weighted by Gasteiger charge is 2.13. The van der Waals surface area contributed by atoms with Crippen molar-refractivity contribution in [3.05, 3.63) is 17.0 Å². The summed E-state index contributed by atoms with van der Waals surface area (Å²) in [6, 6.07) is 0. The van der Waals surface area contributed by atoms with Gasteiger partial charge in [0.15, 0.2) is 0 Å². The molecule has 0 radical (unpaired) electrons. The summed E-state index contributed by atoms with van der Waals surface area (Å²) in [5.41, 5.74) is 3.35. The van der Waals surface area contributed by atoms with E-state index in [0.717, 1.165) is 24.1 Å². The molecule has 17 heavy (non-hydrogen) atoms. The lowest BCUT2D eigenvalue weighted by molar-refractivity contribution is -0.115. The Kier molecular flexibility index (Phi) is 4.77. The zero-order valence-corrected chi connectivity index (χ0v) is 10.9. The molecule has 0 spiro atoms. The fourth-order valence-corrected chi connectivity index (χ4v) is 1.92. The number of aryl methyl sites for hydroxylation is 2. The third-order valence-corrected chi connectivity index (χ3v) is 2.69. The van der Waals surface area contributed by atoms with E-state index in [1.807, 2.05) is 11.7 Å². The van der Waals surface area contributed by atoms with Gasteiger partial charge in [-0.2, -0.15) is 5.10 Å². The van der Waals surface area contributed by atoms with Crippen LogP contribution < -0.4 is 5.32 Å². The van der Waals surface area contributed by atoms with Crippen molar-refractivity contribution in [1.29, 1.82) is 0 Å². The third kappa shape index (κ3) is 3.10. The quantitative estimate of drug-likeness (QED) is 0.794. The van der Waals surface area contributed by atoms with Gasteiger partial charge in [0.1, 0.15) is 0 Å². The van der Waals surface area contributed by atoms with Gasteiger partial charge in [-0.25, -0.2) is 0 Å². The van der Waals surface area contributed by atoms with Crippen LogP contribution in [0.4, 0.5) is 0 Å². The fourth-order valence-electron chi connectivity index (χ4n) is 1.92. The first kappa shape index (κ1) is 13.3. The molecule has 0 atom stereocenters. The van der Waals surface area contributed by atoms with Crippen molar-refractivity contribution < 1.29 is 4.79 Å². The number of hydrogen-bond donors (Lipinski definition) is 1. The monoisotopic (exact) mass is 233 g/mol. The Morgan fingerprint density at radius 1 is 1.41 bits per heavy atom. The smallest absolute Gasteiger partial charge is 0.296 e. The number of nitrogens with one attached hydrogen (secondary N) is 1. The first-order valence-corrected chi connectivity index (χ1v) is 5.88. The minimum absolute atomic E-state index is 0.236. The maximum absolute atomic E-state index is 11.3. The molecule has 0 unspecified atom stereocenters. The maximum atomic E-state index is 11.3. The molecule has 1 amide bonds. The average molecular weight is 233 g/mol. The van der Waals surface area contributed by atoms with E-state index in [0.29, 0.717) is 6.54 Å². The van der Waals surface area contributed by atoms with Crippen LogP contribution in [-0.2, 0) is 31.2 Å². The van der Waals surface area contributed by atoms with Crippen molar-refractivity contribution in [1.82, 2.24) is 15.1 Å². The Morgan fingerprint density at radius 2 is 2.12 bits per heavy atom. The van der Waals surface area contributed by atoms with Crippen molar-refractivity contribution in [3.63, 3.8) is 0 Å². The van der Waals surface area contributed by atoms with Crippen molar-refractivity contribution in [2.45, 2.75) is 40.2 Å². The lowest BCUT2D eigenvalue weighted by atomic mass is 10.1. The van der Waals surface area contributed by atoms with Crippen molar-refractivity contribution >= 4 is 5.91 Å². The van der Waals surface area contributed by atoms with Gasteiger partial charge in [0, 0.05) is 24.8 Å². The van der Waals surface area contributed by atoms with Gasteiger partial charge in [-0.3, -0.25) is 9.48 Å². The van der Waals surface area contributed by atoms with E-state index in [-0.39, 0.29) is 5.91 Å². The minimum Gasteiger partial charge on any atom is -0.341 e. The molecule has 1 rings (SSSR count). The van der Waals surface area contributed by atoms with Gasteiger partial charge < -0.3 is 5.32 Å². The van der Waals surface area contributed by atoms with Crippen LogP contribution in [0.3, 0.4) is 0 Å². The predicted octanol–water partition coefficient (Wildman–Crippen LogP) is 1.18. The summed E-state index contributed by atoms with van der Waals surface area (Å²) in [6.45, 7) is 6.32. The van der Waals surface area contributed by atoms with Crippen molar-refractivity contribution in [2.75, 3.05) is 0 Å². The zero-order valence-electron chi connectivity index (χ0n) is 10.9. The normalized spacial score (nSPS) is 9.65. The molecule has 1 aromatic rings. The molecular weight excluding hydrogens is 214 g/mol. The largest absolute Gasteiger partial charge is 0.341 e. The van der Waals surface area contributed by atoms with Crippen LogP contribution in [0.1, 0.15) is 37.7 Å². The van der Waals surface area contributed by atoms with Gasteiger partial charge in [-0.05, 0) is 25.7 Å². The topological polar surface area (TPSA) is 46.9 Å². The highest BCUT2D eigenvalue weighted by molar-refractivity contribution is 5.93. The number of amides is 1. The van der Waals surface area contributed by atoms with Crippen LogP contribution in [0.25, 0.3) is 0 Å². The van der Waals surface area contributed by atoms with Gasteiger partial charge in [-0.1, -0.05) is 19.8 Å². The Bertz CT molecular complexity index is 463. The summed E-state index contributed by atoms with van der Waals surface area (Å²) in [7, 11) is 1.94. The fraction of sp³-hybridized carbons (Fsp3) is 0.538. The summed E-state index contributed by atoms with van der Waals surface area (Å²) >= 11 is 0. The van der Waals surface area contributed by atoms with E-state index in [9.17, 15) is 4.79 Å². The van der Waals surface area contributed by atoms with Crippen molar-refractivity contribution in [2.24, 2.45) is 7.05 Å². The van der Waals surface area contributed by atoms with Crippen LogP contribution >= 0.6 is 0 Å². The molecule has 4 heteroatoms. The summed E-state index contributed by atoms with van der Waals surface area (Å²) in [5.74, 6) is 4.82. The zero-order chi connectivity index (χ0) is 12.8. The van der Waals surface area contributed by atoms with Crippen LogP contribution in [0.2, 0.25) is 0 Å². The van der Waals surface area contributed by atoms with E-state index in [2.05, 4.69) is 36.1 Å². The SMILES string of the molecule is CC#CC(=O)NCc1c(CC)nn(C)c1CC. The first-order chi connectivity index (χ1) is 8.13. The molecule has 0 bridgehead atoms. The molecule has 0 aromatic carbocycles. The summed E-state index contributed by atoms with van der Waals surface area (Å²) in [5, 5.41) is 7.25. The molecule has 1 N–H and O–H groups in total. The second-order valence-electron chi connectivity index (χ2n) is 3.76. The lowest BCUT2D eigenvalue weighted by Crippen LogP contribution is -2.22. The summed E-state index contributed by atoms with van der Waals surface area (Å²) in [4.78, 5) is 11.3. The van der Waals surface area contributed by atoms with Crippen LogP contribution in [0, 0.1) is 11.8 Å². The average Bonchev–Trinajstić information content (AvgIpc) is 2.62. The maximum Gasteiger partial charge on any atom is 0.296 e. The van der Waals surface area contributed by atoms with Gasteiger partial charge in [-0.15, -0.1) is 0 Å². The predicted molar refractivity (Wildman–Crippen MR) is 67.3 cm³/mol. The molecule has 0 aliphatic carbocycles. The molecule has 0 saturated heterocycles. The molecule has 0 aliphatic rings. The molecule has 0 fully saturated rings. The Hall–Kier alpha value is -1.76. The molecule has 4 nitrogen and oxygen atoms in total. The first-order valence-electron chi connectivity index (χ1n) is 5.88. The summed E-state index contributed by atoms with van der Waals surface area (Å²) < 4.78 is 1.89. The highest BCUT2D eigenvalue weighted by Crippen LogP contribution is 2.14. The second kappa shape index (κ2) is 6.09. The van der Waals surface area contributed by atoms with E-state index in [1.54, 1.807) is 6.92 Å². The van der Waals surface area contributed by atoms with Crippen LogP contribution in [-0.4, -0.2) is 15.7 Å².